The first-order valence-corrected chi connectivity index (χ1v) is 16.6. The van der Waals surface area contributed by atoms with Crippen molar-refractivity contribution in [3.8, 4) is 0 Å². The molecule has 0 aromatic rings. The van der Waals surface area contributed by atoms with Crippen molar-refractivity contribution >= 4 is 11.9 Å². The molecule has 0 aromatic carbocycles. The monoisotopic (exact) mass is 536 g/mol. The van der Waals surface area contributed by atoms with Crippen molar-refractivity contribution in [2.75, 3.05) is 13.2 Å². The standard InChI is InChI=1S/C34H64O4/c1-7-9-13-27(3)17-19-29(5)15-11-25-37-33(35)31-21-23-32(24-22-31)34(36)38-26-12-16-30(6)20-18-28(4)14-10-8-2/h27-32H,7-26H2,1-6H3. The van der Waals surface area contributed by atoms with E-state index in [2.05, 4.69) is 41.5 Å². The molecule has 0 aromatic heterocycles. The highest BCUT2D eigenvalue weighted by atomic mass is 16.5. The van der Waals surface area contributed by atoms with Crippen molar-refractivity contribution in [2.45, 2.75) is 157 Å². The van der Waals surface area contributed by atoms with E-state index in [-0.39, 0.29) is 23.8 Å². The number of ether oxygens (including phenoxy) is 2. The lowest BCUT2D eigenvalue weighted by Crippen LogP contribution is -2.28. The van der Waals surface area contributed by atoms with Gasteiger partial charge in [-0.1, -0.05) is 106 Å². The normalized spacial score (nSPS) is 20.9. The lowest BCUT2D eigenvalue weighted by atomic mass is 9.82. The van der Waals surface area contributed by atoms with Crippen LogP contribution in [0.3, 0.4) is 0 Å². The highest BCUT2D eigenvalue weighted by Crippen LogP contribution is 2.31. The smallest absolute Gasteiger partial charge is 0.308 e. The van der Waals surface area contributed by atoms with Crippen molar-refractivity contribution in [3.05, 3.63) is 0 Å². The molecule has 4 atom stereocenters. The first kappa shape index (κ1) is 35.0. The number of unbranched alkanes of at least 4 members (excludes halogenated alkanes) is 2. The second-order valence-electron chi connectivity index (χ2n) is 13.0. The summed E-state index contributed by atoms with van der Waals surface area (Å²) < 4.78 is 11.2. The molecule has 0 saturated heterocycles. The van der Waals surface area contributed by atoms with Gasteiger partial charge in [0.05, 0.1) is 25.0 Å². The summed E-state index contributed by atoms with van der Waals surface area (Å²) in [6.45, 7) is 15.0. The molecule has 1 rings (SSSR count). The van der Waals surface area contributed by atoms with E-state index in [1.54, 1.807) is 0 Å². The maximum atomic E-state index is 12.5. The molecule has 4 unspecified atom stereocenters. The molecule has 1 aliphatic carbocycles. The van der Waals surface area contributed by atoms with E-state index in [0.29, 0.717) is 25.0 Å². The molecule has 4 heteroatoms. The molecular weight excluding hydrogens is 472 g/mol. The van der Waals surface area contributed by atoms with E-state index in [0.717, 1.165) is 63.2 Å². The second-order valence-corrected chi connectivity index (χ2v) is 13.0. The van der Waals surface area contributed by atoms with Gasteiger partial charge in [0, 0.05) is 0 Å². The van der Waals surface area contributed by atoms with Crippen LogP contribution in [-0.2, 0) is 19.1 Å². The SMILES string of the molecule is CCCCC(C)CCC(C)CCCOC(=O)C1CCC(C(=O)OCCCC(C)CCC(C)CCCC)CC1. The van der Waals surface area contributed by atoms with Gasteiger partial charge >= 0.3 is 11.9 Å². The Morgan fingerprint density at radius 3 is 1.11 bits per heavy atom. The highest BCUT2D eigenvalue weighted by Gasteiger charge is 2.31. The Hall–Kier alpha value is -1.06. The molecule has 1 aliphatic rings. The molecule has 0 heterocycles. The number of esters is 2. The van der Waals surface area contributed by atoms with E-state index >= 15 is 0 Å². The Morgan fingerprint density at radius 2 is 0.816 bits per heavy atom. The van der Waals surface area contributed by atoms with E-state index in [9.17, 15) is 9.59 Å². The molecule has 224 valence electrons. The summed E-state index contributed by atoms with van der Waals surface area (Å²) in [6, 6.07) is 0. The molecular formula is C34H64O4. The Balaban J connectivity index is 2.09. The molecule has 4 nitrogen and oxygen atoms in total. The van der Waals surface area contributed by atoms with Gasteiger partial charge in [0.15, 0.2) is 0 Å². The van der Waals surface area contributed by atoms with E-state index in [4.69, 9.17) is 9.47 Å². The number of carbonyl (C=O) groups is 2. The molecule has 1 saturated carbocycles. The fourth-order valence-electron chi connectivity index (χ4n) is 5.83. The molecule has 0 bridgehead atoms. The second kappa shape index (κ2) is 21.7. The Bertz CT molecular complexity index is 543. The minimum absolute atomic E-state index is 0.0449. The van der Waals surface area contributed by atoms with Crippen molar-refractivity contribution in [3.63, 3.8) is 0 Å². The van der Waals surface area contributed by atoms with Gasteiger partial charge in [0.25, 0.3) is 0 Å². The van der Waals surface area contributed by atoms with Crippen LogP contribution in [0.2, 0.25) is 0 Å². The third kappa shape index (κ3) is 16.8. The number of hydrogen-bond acceptors (Lipinski definition) is 4. The molecule has 0 spiro atoms. The summed E-state index contributed by atoms with van der Waals surface area (Å²) in [6.07, 6.45) is 20.3. The summed E-state index contributed by atoms with van der Waals surface area (Å²) in [7, 11) is 0. The maximum absolute atomic E-state index is 12.5. The Labute approximate surface area is 236 Å². The zero-order valence-electron chi connectivity index (χ0n) is 26.2. The zero-order valence-corrected chi connectivity index (χ0v) is 26.2. The first-order valence-electron chi connectivity index (χ1n) is 16.6. The van der Waals surface area contributed by atoms with Crippen molar-refractivity contribution < 1.29 is 19.1 Å². The molecule has 0 N–H and O–H groups in total. The van der Waals surface area contributed by atoms with Crippen molar-refractivity contribution in [2.24, 2.45) is 35.5 Å². The molecule has 1 fully saturated rings. The zero-order chi connectivity index (χ0) is 28.2. The number of carbonyl (C=O) groups excluding carboxylic acids is 2. The summed E-state index contributed by atoms with van der Waals surface area (Å²) in [4.78, 5) is 25.0. The average Bonchev–Trinajstić information content (AvgIpc) is 2.92. The molecule has 0 aliphatic heterocycles. The van der Waals surface area contributed by atoms with E-state index in [1.807, 2.05) is 0 Å². The van der Waals surface area contributed by atoms with Crippen LogP contribution in [0.5, 0.6) is 0 Å². The fourth-order valence-corrected chi connectivity index (χ4v) is 5.83. The highest BCUT2D eigenvalue weighted by molar-refractivity contribution is 5.75. The van der Waals surface area contributed by atoms with Gasteiger partial charge in [-0.3, -0.25) is 9.59 Å². The number of hydrogen-bond donors (Lipinski definition) is 0. The van der Waals surface area contributed by atoms with Crippen LogP contribution in [0.15, 0.2) is 0 Å². The topological polar surface area (TPSA) is 52.6 Å². The van der Waals surface area contributed by atoms with E-state index < -0.39 is 0 Å². The van der Waals surface area contributed by atoms with Gasteiger partial charge in [0.2, 0.25) is 0 Å². The molecule has 0 radical (unpaired) electrons. The molecule has 38 heavy (non-hydrogen) atoms. The van der Waals surface area contributed by atoms with Gasteiger partial charge in [0.1, 0.15) is 0 Å². The molecule has 0 amide bonds. The lowest BCUT2D eigenvalue weighted by Gasteiger charge is -2.26. The van der Waals surface area contributed by atoms with Crippen LogP contribution in [0, 0.1) is 35.5 Å². The van der Waals surface area contributed by atoms with Gasteiger partial charge in [-0.15, -0.1) is 0 Å². The van der Waals surface area contributed by atoms with Gasteiger partial charge in [-0.05, 0) is 75.0 Å². The quantitative estimate of drug-likeness (QED) is 0.102. The number of rotatable bonds is 22. The fraction of sp³-hybridized carbons (Fsp3) is 0.941. The first-order chi connectivity index (χ1) is 18.3. The van der Waals surface area contributed by atoms with Crippen molar-refractivity contribution in [1.82, 2.24) is 0 Å². The Kier molecular flexibility index (Phi) is 20.0. The van der Waals surface area contributed by atoms with Crippen molar-refractivity contribution in [1.29, 1.82) is 0 Å². The van der Waals surface area contributed by atoms with Gasteiger partial charge < -0.3 is 9.47 Å². The average molecular weight is 537 g/mol. The van der Waals surface area contributed by atoms with Crippen LogP contribution in [-0.4, -0.2) is 25.2 Å². The summed E-state index contributed by atoms with van der Waals surface area (Å²) >= 11 is 0. The van der Waals surface area contributed by atoms with Crippen LogP contribution in [0.1, 0.15) is 157 Å². The predicted molar refractivity (Wildman–Crippen MR) is 160 cm³/mol. The Morgan fingerprint density at radius 1 is 0.526 bits per heavy atom. The summed E-state index contributed by atoms with van der Waals surface area (Å²) in [5.74, 6) is 2.83. The van der Waals surface area contributed by atoms with Gasteiger partial charge in [-0.25, -0.2) is 0 Å². The largest absolute Gasteiger partial charge is 0.465 e. The predicted octanol–water partition coefficient (Wildman–Crippen LogP) is 9.92. The minimum Gasteiger partial charge on any atom is -0.465 e. The minimum atomic E-state index is -0.0596. The third-order valence-corrected chi connectivity index (χ3v) is 8.97. The summed E-state index contributed by atoms with van der Waals surface area (Å²) in [5, 5.41) is 0. The maximum Gasteiger partial charge on any atom is 0.308 e. The van der Waals surface area contributed by atoms with E-state index in [1.165, 1.54) is 64.2 Å². The third-order valence-electron chi connectivity index (χ3n) is 8.97. The van der Waals surface area contributed by atoms with Crippen LogP contribution in [0.25, 0.3) is 0 Å². The van der Waals surface area contributed by atoms with Crippen LogP contribution >= 0.6 is 0 Å². The van der Waals surface area contributed by atoms with Crippen LogP contribution < -0.4 is 0 Å². The lowest BCUT2D eigenvalue weighted by molar-refractivity contribution is -0.155. The summed E-state index contributed by atoms with van der Waals surface area (Å²) in [5.41, 5.74) is 0. The van der Waals surface area contributed by atoms with Crippen LogP contribution in [0.4, 0.5) is 0 Å². The van der Waals surface area contributed by atoms with Gasteiger partial charge in [-0.2, -0.15) is 0 Å².